The first kappa shape index (κ1) is 15.4. The number of fused-ring (bicyclic) bond motifs is 1. The molecular weight excluding hydrogens is 311 g/mol. The minimum Gasteiger partial charge on any atom is -0.482 e. The number of urea groups is 1. The molecule has 1 aliphatic rings. The van der Waals surface area contributed by atoms with E-state index < -0.39 is 24.4 Å². The van der Waals surface area contributed by atoms with E-state index in [2.05, 4.69) is 10.3 Å². The molecule has 2 aromatic rings. The number of rotatable bonds is 4. The van der Waals surface area contributed by atoms with Crippen LogP contribution in [0.4, 0.5) is 18.0 Å². The number of aromatic nitrogens is 1. The van der Waals surface area contributed by atoms with Gasteiger partial charge in [0.1, 0.15) is 11.3 Å². The topological polar surface area (TPSA) is 77.2 Å². The van der Waals surface area contributed by atoms with Crippen LogP contribution >= 0.6 is 0 Å². The number of halogens is 3. The summed E-state index contributed by atoms with van der Waals surface area (Å²) in [5.41, 5.74) is 5.43. The van der Waals surface area contributed by atoms with Gasteiger partial charge in [0.15, 0.2) is 6.61 Å². The largest absolute Gasteiger partial charge is 0.482 e. The Morgan fingerprint density at radius 3 is 2.65 bits per heavy atom. The monoisotopic (exact) mass is 325 g/mol. The van der Waals surface area contributed by atoms with E-state index in [0.717, 1.165) is 0 Å². The lowest BCUT2D eigenvalue weighted by Crippen LogP contribution is -2.39. The van der Waals surface area contributed by atoms with Gasteiger partial charge < -0.3 is 15.8 Å². The van der Waals surface area contributed by atoms with Gasteiger partial charge in [-0.05, 0) is 25.0 Å². The molecule has 23 heavy (non-hydrogen) atoms. The van der Waals surface area contributed by atoms with Gasteiger partial charge in [-0.1, -0.05) is 18.2 Å². The maximum Gasteiger partial charge on any atom is 0.422 e. The molecule has 5 nitrogen and oxygen atoms in total. The molecule has 0 bridgehead atoms. The Labute approximate surface area is 129 Å². The molecule has 122 valence electrons. The van der Waals surface area contributed by atoms with E-state index in [1.807, 2.05) is 0 Å². The Morgan fingerprint density at radius 2 is 2.04 bits per heavy atom. The summed E-state index contributed by atoms with van der Waals surface area (Å²) in [6, 6.07) is 7.58. The highest BCUT2D eigenvalue weighted by Crippen LogP contribution is 2.45. The van der Waals surface area contributed by atoms with Crippen LogP contribution in [0.3, 0.4) is 0 Å². The molecule has 0 spiro atoms. The van der Waals surface area contributed by atoms with Gasteiger partial charge in [0, 0.05) is 5.39 Å². The highest BCUT2D eigenvalue weighted by molar-refractivity contribution is 5.85. The van der Waals surface area contributed by atoms with Gasteiger partial charge in [0.05, 0.1) is 11.2 Å². The smallest absolute Gasteiger partial charge is 0.422 e. The highest BCUT2D eigenvalue weighted by Gasteiger charge is 2.47. The lowest BCUT2D eigenvalue weighted by molar-refractivity contribution is -0.153. The third-order valence-corrected chi connectivity index (χ3v) is 3.68. The maximum atomic E-state index is 12.4. The normalized spacial score (nSPS) is 16.1. The minimum atomic E-state index is -4.43. The molecular formula is C15H14F3N3O2. The number of nitrogens with one attached hydrogen (secondary N) is 1. The first-order chi connectivity index (χ1) is 10.8. The molecule has 1 aromatic heterocycles. The number of nitrogens with zero attached hydrogens (tertiary/aromatic N) is 1. The quantitative estimate of drug-likeness (QED) is 0.907. The number of nitrogens with two attached hydrogens (primary N) is 1. The van der Waals surface area contributed by atoms with Gasteiger partial charge in [-0.2, -0.15) is 13.2 Å². The Morgan fingerprint density at radius 1 is 1.30 bits per heavy atom. The number of hydrogen-bond acceptors (Lipinski definition) is 3. The maximum absolute atomic E-state index is 12.4. The number of para-hydroxylation sites is 1. The van der Waals surface area contributed by atoms with Crippen LogP contribution in [0.5, 0.6) is 5.75 Å². The number of ether oxygens (including phenoxy) is 1. The number of pyridine rings is 1. The van der Waals surface area contributed by atoms with Crippen molar-refractivity contribution in [1.82, 2.24) is 10.3 Å². The number of primary amides is 1. The average molecular weight is 325 g/mol. The summed E-state index contributed by atoms with van der Waals surface area (Å²) in [6.07, 6.45) is -3.06. The Kier molecular flexibility index (Phi) is 3.54. The number of carbonyl (C=O) groups is 1. The van der Waals surface area contributed by atoms with Crippen molar-refractivity contribution in [3.05, 3.63) is 36.0 Å². The number of hydrogen-bond donors (Lipinski definition) is 2. The zero-order valence-corrected chi connectivity index (χ0v) is 12.0. The molecule has 1 aromatic carbocycles. The third kappa shape index (κ3) is 3.30. The number of amides is 2. The molecule has 1 heterocycles. The number of benzene rings is 1. The molecule has 1 saturated carbocycles. The molecule has 0 saturated heterocycles. The van der Waals surface area contributed by atoms with E-state index in [1.165, 1.54) is 6.07 Å². The van der Waals surface area contributed by atoms with Crippen molar-refractivity contribution < 1.29 is 22.7 Å². The summed E-state index contributed by atoms with van der Waals surface area (Å²) in [7, 11) is 0. The fourth-order valence-corrected chi connectivity index (χ4v) is 2.47. The van der Waals surface area contributed by atoms with Crippen LogP contribution in [-0.4, -0.2) is 23.8 Å². The van der Waals surface area contributed by atoms with Crippen LogP contribution in [0.2, 0.25) is 0 Å². The lowest BCUT2D eigenvalue weighted by atomic mass is 10.1. The second-order valence-electron chi connectivity index (χ2n) is 5.50. The fourth-order valence-electron chi connectivity index (χ4n) is 2.47. The van der Waals surface area contributed by atoms with E-state index in [4.69, 9.17) is 10.5 Å². The Hall–Kier alpha value is -2.51. The summed E-state index contributed by atoms with van der Waals surface area (Å²) in [5, 5.41) is 3.30. The molecule has 0 aliphatic heterocycles. The van der Waals surface area contributed by atoms with Crippen molar-refractivity contribution in [3.8, 4) is 5.75 Å². The third-order valence-electron chi connectivity index (χ3n) is 3.68. The van der Waals surface area contributed by atoms with Crippen molar-refractivity contribution in [1.29, 1.82) is 0 Å². The minimum absolute atomic E-state index is 0.0524. The van der Waals surface area contributed by atoms with Gasteiger partial charge in [-0.15, -0.1) is 0 Å². The highest BCUT2D eigenvalue weighted by atomic mass is 19.4. The Bertz CT molecular complexity index is 757. The number of carbonyl (C=O) groups excluding carboxylic acids is 1. The van der Waals surface area contributed by atoms with Crippen molar-refractivity contribution >= 4 is 16.9 Å². The van der Waals surface area contributed by atoms with Crippen molar-refractivity contribution in [2.45, 2.75) is 24.6 Å². The van der Waals surface area contributed by atoms with Crippen LogP contribution in [0.1, 0.15) is 18.5 Å². The van der Waals surface area contributed by atoms with Gasteiger partial charge in [0.2, 0.25) is 0 Å². The van der Waals surface area contributed by atoms with E-state index >= 15 is 0 Å². The fraction of sp³-hybridized carbons (Fsp3) is 0.333. The zero-order valence-electron chi connectivity index (χ0n) is 12.0. The molecule has 8 heteroatoms. The van der Waals surface area contributed by atoms with Gasteiger partial charge >= 0.3 is 12.2 Å². The molecule has 0 unspecified atom stereocenters. The Balaban J connectivity index is 1.96. The summed E-state index contributed by atoms with van der Waals surface area (Å²) >= 11 is 0. The van der Waals surface area contributed by atoms with Crippen LogP contribution in [-0.2, 0) is 5.54 Å². The predicted octanol–water partition coefficient (Wildman–Crippen LogP) is 2.83. The number of alkyl halides is 3. The molecule has 1 aliphatic carbocycles. The average Bonchev–Trinajstić information content (AvgIpc) is 3.23. The molecule has 3 N–H and O–H groups in total. The SMILES string of the molecule is NC(=O)NC1(c2ccc3cccc(OCC(F)(F)F)c3n2)CC1. The zero-order chi connectivity index (χ0) is 16.7. The summed E-state index contributed by atoms with van der Waals surface area (Å²) in [4.78, 5) is 15.5. The van der Waals surface area contributed by atoms with E-state index in [1.54, 1.807) is 24.3 Å². The summed E-state index contributed by atoms with van der Waals surface area (Å²) < 4.78 is 41.9. The van der Waals surface area contributed by atoms with Crippen LogP contribution in [0.25, 0.3) is 10.9 Å². The molecule has 0 atom stereocenters. The van der Waals surface area contributed by atoms with Crippen LogP contribution in [0, 0.1) is 0 Å². The predicted molar refractivity (Wildman–Crippen MR) is 76.9 cm³/mol. The van der Waals surface area contributed by atoms with Crippen molar-refractivity contribution in [2.75, 3.05) is 6.61 Å². The van der Waals surface area contributed by atoms with Crippen molar-refractivity contribution in [2.24, 2.45) is 5.73 Å². The van der Waals surface area contributed by atoms with Crippen molar-refractivity contribution in [3.63, 3.8) is 0 Å². The van der Waals surface area contributed by atoms with Crippen LogP contribution < -0.4 is 15.8 Å². The molecule has 3 rings (SSSR count). The summed E-state index contributed by atoms with van der Waals surface area (Å²) in [6.45, 7) is -1.39. The molecule has 2 amide bonds. The van der Waals surface area contributed by atoms with E-state index in [9.17, 15) is 18.0 Å². The molecule has 0 radical (unpaired) electrons. The second-order valence-corrected chi connectivity index (χ2v) is 5.50. The van der Waals surface area contributed by atoms with E-state index in [0.29, 0.717) is 29.4 Å². The standard InChI is InChI=1S/C15H14F3N3O2/c16-15(17,18)8-23-10-3-1-2-9-4-5-11(20-12(9)10)14(6-7-14)21-13(19)22/h1-5H,6-8H2,(H3,19,21,22). The van der Waals surface area contributed by atoms with Gasteiger partial charge in [-0.3, -0.25) is 0 Å². The molecule has 1 fully saturated rings. The van der Waals surface area contributed by atoms with Gasteiger partial charge in [0.25, 0.3) is 0 Å². The van der Waals surface area contributed by atoms with Crippen LogP contribution in [0.15, 0.2) is 30.3 Å². The lowest BCUT2D eigenvalue weighted by Gasteiger charge is -2.17. The second kappa shape index (κ2) is 5.29. The van der Waals surface area contributed by atoms with Gasteiger partial charge in [-0.25, -0.2) is 9.78 Å². The first-order valence-electron chi connectivity index (χ1n) is 6.97. The first-order valence-corrected chi connectivity index (χ1v) is 6.97. The van der Waals surface area contributed by atoms with E-state index in [-0.39, 0.29) is 5.75 Å². The summed E-state index contributed by atoms with van der Waals surface area (Å²) in [5.74, 6) is 0.0524.